The Labute approximate surface area is 221 Å². The van der Waals surface area contributed by atoms with Crippen molar-refractivity contribution in [3.8, 4) is 5.75 Å². The largest absolute Gasteiger partial charge is 0.486 e. The van der Waals surface area contributed by atoms with E-state index in [0.29, 0.717) is 18.3 Å². The highest BCUT2D eigenvalue weighted by atomic mass is 32.2. The van der Waals surface area contributed by atoms with E-state index in [0.717, 1.165) is 22.5 Å². The first-order chi connectivity index (χ1) is 18.4. The molecule has 1 atom stereocenters. The minimum Gasteiger partial charge on any atom is -0.486 e. The average molecular weight is 568 g/mol. The highest BCUT2D eigenvalue weighted by Gasteiger charge is 2.37. The van der Waals surface area contributed by atoms with Crippen LogP contribution in [0.1, 0.15) is 24.6 Å². The van der Waals surface area contributed by atoms with Gasteiger partial charge in [0.05, 0.1) is 41.4 Å². The van der Waals surface area contributed by atoms with E-state index in [1.54, 1.807) is 16.9 Å². The SMILES string of the molecule is CCn1ccc(CNC(=O)CC2CN(S(=O)(=O)c3cccc(C(F)(F)F)c3)c3cc(NC(=O)O)ccc3O2)n1. The Morgan fingerprint density at radius 3 is 2.62 bits per heavy atom. The number of sulfonamides is 1. The molecular formula is C24H24F3N5O6S. The van der Waals surface area contributed by atoms with Gasteiger partial charge in [0.25, 0.3) is 10.0 Å². The number of aromatic nitrogens is 2. The zero-order valence-corrected chi connectivity index (χ0v) is 21.3. The molecule has 0 fully saturated rings. The number of alkyl halides is 3. The fraction of sp³-hybridized carbons (Fsp3) is 0.292. The van der Waals surface area contributed by atoms with Crippen molar-refractivity contribution in [3.05, 3.63) is 66.0 Å². The minimum atomic E-state index is -4.78. The second kappa shape index (κ2) is 10.8. The lowest BCUT2D eigenvalue weighted by Gasteiger charge is -2.35. The normalized spacial score (nSPS) is 15.3. The summed E-state index contributed by atoms with van der Waals surface area (Å²) in [6.07, 6.45) is -5.69. The molecule has 2 aromatic carbocycles. The van der Waals surface area contributed by atoms with Gasteiger partial charge in [-0.1, -0.05) is 6.07 Å². The number of rotatable bonds is 8. The first kappa shape index (κ1) is 27.8. The topological polar surface area (TPSA) is 143 Å². The summed E-state index contributed by atoms with van der Waals surface area (Å²) in [5.74, 6) is -0.456. The van der Waals surface area contributed by atoms with Gasteiger partial charge < -0.3 is 15.2 Å². The molecule has 0 bridgehead atoms. The Bertz CT molecular complexity index is 1490. The Balaban J connectivity index is 1.62. The maximum absolute atomic E-state index is 13.6. The standard InChI is InChI=1S/C24H24F3N5O6S/c1-2-31-9-8-17(30-31)13-28-22(33)12-18-14-32(20-11-16(29-23(34)35)6-7-21(20)38-18)39(36,37)19-5-3-4-15(10-19)24(25,26)27/h3-11,18,29H,2,12-14H2,1H3,(H,28,33)(H,34,35). The smallest absolute Gasteiger partial charge is 0.416 e. The number of aryl methyl sites for hydroxylation is 1. The number of benzene rings is 2. The molecule has 208 valence electrons. The van der Waals surface area contributed by atoms with Crippen LogP contribution in [0.25, 0.3) is 0 Å². The molecule has 1 aliphatic rings. The van der Waals surface area contributed by atoms with E-state index >= 15 is 0 Å². The van der Waals surface area contributed by atoms with E-state index in [2.05, 4.69) is 15.7 Å². The van der Waals surface area contributed by atoms with Crippen LogP contribution in [0, 0.1) is 0 Å². The summed E-state index contributed by atoms with van der Waals surface area (Å²) >= 11 is 0. The van der Waals surface area contributed by atoms with E-state index < -0.39 is 51.3 Å². The molecule has 3 aromatic rings. The number of ether oxygens (including phenoxy) is 1. The molecule has 0 saturated heterocycles. The number of carbonyl (C=O) groups is 2. The number of nitrogens with one attached hydrogen (secondary N) is 2. The monoisotopic (exact) mass is 567 g/mol. The van der Waals surface area contributed by atoms with Crippen molar-refractivity contribution >= 4 is 33.4 Å². The summed E-state index contributed by atoms with van der Waals surface area (Å²) in [6, 6.07) is 8.84. The van der Waals surface area contributed by atoms with Gasteiger partial charge in [0, 0.05) is 18.4 Å². The van der Waals surface area contributed by atoms with Gasteiger partial charge in [0.15, 0.2) is 0 Å². The molecule has 0 radical (unpaired) electrons. The molecule has 0 spiro atoms. The molecule has 0 saturated carbocycles. The van der Waals surface area contributed by atoms with E-state index in [9.17, 15) is 31.2 Å². The maximum Gasteiger partial charge on any atom is 0.416 e. The second-order valence-corrected chi connectivity index (χ2v) is 10.4. The summed E-state index contributed by atoms with van der Waals surface area (Å²) in [6.45, 7) is 2.28. The number of carboxylic acid groups (broad SMARTS) is 1. The van der Waals surface area contributed by atoms with Crippen molar-refractivity contribution < 1.29 is 41.0 Å². The zero-order valence-electron chi connectivity index (χ0n) is 20.5. The lowest BCUT2D eigenvalue weighted by molar-refractivity contribution is -0.137. The summed E-state index contributed by atoms with van der Waals surface area (Å²) in [5.41, 5.74) is -0.621. The zero-order chi connectivity index (χ0) is 28.4. The molecule has 3 N–H and O–H groups in total. The van der Waals surface area contributed by atoms with Gasteiger partial charge in [-0.05, 0) is 49.4 Å². The van der Waals surface area contributed by atoms with Gasteiger partial charge in [-0.3, -0.25) is 19.1 Å². The molecule has 1 unspecified atom stereocenters. The van der Waals surface area contributed by atoms with Crippen LogP contribution in [0.2, 0.25) is 0 Å². The van der Waals surface area contributed by atoms with Crippen LogP contribution in [-0.2, 0) is 34.1 Å². The molecule has 39 heavy (non-hydrogen) atoms. The van der Waals surface area contributed by atoms with Gasteiger partial charge in [-0.15, -0.1) is 0 Å². The summed E-state index contributed by atoms with van der Waals surface area (Å²) < 4.78 is 75.4. The second-order valence-electron chi connectivity index (χ2n) is 8.56. The van der Waals surface area contributed by atoms with Crippen molar-refractivity contribution in [2.45, 2.75) is 43.6 Å². The minimum absolute atomic E-state index is 0.00669. The van der Waals surface area contributed by atoms with Gasteiger partial charge >= 0.3 is 12.3 Å². The average Bonchev–Trinajstić information content (AvgIpc) is 3.34. The van der Waals surface area contributed by atoms with Crippen LogP contribution in [-0.4, -0.2) is 48.0 Å². The van der Waals surface area contributed by atoms with Crippen LogP contribution in [0.5, 0.6) is 5.75 Å². The third kappa shape index (κ3) is 6.42. The third-order valence-electron chi connectivity index (χ3n) is 5.79. The molecule has 1 aliphatic heterocycles. The van der Waals surface area contributed by atoms with Gasteiger partial charge in [-0.2, -0.15) is 18.3 Å². The summed E-state index contributed by atoms with van der Waals surface area (Å²) in [4.78, 5) is 23.1. The third-order valence-corrected chi connectivity index (χ3v) is 7.57. The molecule has 11 nitrogen and oxygen atoms in total. The van der Waals surface area contributed by atoms with E-state index in [4.69, 9.17) is 9.84 Å². The van der Waals surface area contributed by atoms with Crippen molar-refractivity contribution in [2.24, 2.45) is 0 Å². The van der Waals surface area contributed by atoms with E-state index in [1.807, 2.05) is 6.92 Å². The van der Waals surface area contributed by atoms with E-state index in [1.165, 1.54) is 18.2 Å². The van der Waals surface area contributed by atoms with Gasteiger partial charge in [-0.25, -0.2) is 13.2 Å². The highest BCUT2D eigenvalue weighted by Crippen LogP contribution is 2.40. The van der Waals surface area contributed by atoms with Crippen molar-refractivity contribution in [1.82, 2.24) is 15.1 Å². The molecule has 4 rings (SSSR count). The molecule has 0 aliphatic carbocycles. The van der Waals surface area contributed by atoms with Crippen LogP contribution in [0.4, 0.5) is 29.3 Å². The van der Waals surface area contributed by atoms with E-state index in [-0.39, 0.29) is 30.1 Å². The molecule has 15 heteroatoms. The Kier molecular flexibility index (Phi) is 7.72. The molecule has 1 aromatic heterocycles. The Hall–Kier alpha value is -4.27. The van der Waals surface area contributed by atoms with Gasteiger partial charge in [0.2, 0.25) is 5.91 Å². The lowest BCUT2D eigenvalue weighted by Crippen LogP contribution is -2.45. The van der Waals surface area contributed by atoms with Crippen LogP contribution >= 0.6 is 0 Å². The number of amides is 2. The quantitative estimate of drug-likeness (QED) is 0.377. The highest BCUT2D eigenvalue weighted by molar-refractivity contribution is 7.92. The molecular weight excluding hydrogens is 543 g/mol. The number of nitrogens with zero attached hydrogens (tertiary/aromatic N) is 3. The van der Waals surface area contributed by atoms with Crippen molar-refractivity contribution in [1.29, 1.82) is 0 Å². The number of fused-ring (bicyclic) bond motifs is 1. The first-order valence-electron chi connectivity index (χ1n) is 11.7. The van der Waals surface area contributed by atoms with Crippen molar-refractivity contribution in [2.75, 3.05) is 16.2 Å². The molecule has 2 heterocycles. The number of hydrogen-bond acceptors (Lipinski definition) is 6. The lowest BCUT2D eigenvalue weighted by atomic mass is 10.1. The maximum atomic E-state index is 13.6. The number of anilines is 2. The number of hydrogen-bond donors (Lipinski definition) is 3. The molecule has 2 amide bonds. The predicted octanol–water partition coefficient (Wildman–Crippen LogP) is 3.67. The fourth-order valence-corrected chi connectivity index (χ4v) is 5.49. The predicted molar refractivity (Wildman–Crippen MR) is 133 cm³/mol. The van der Waals surface area contributed by atoms with Crippen LogP contribution < -0.4 is 19.7 Å². The number of carbonyl (C=O) groups excluding carboxylic acids is 1. The summed E-state index contributed by atoms with van der Waals surface area (Å²) in [5, 5.41) is 18.1. The van der Waals surface area contributed by atoms with Crippen molar-refractivity contribution in [3.63, 3.8) is 0 Å². The Morgan fingerprint density at radius 1 is 1.18 bits per heavy atom. The summed E-state index contributed by atoms with van der Waals surface area (Å²) in [7, 11) is -4.59. The fourth-order valence-electron chi connectivity index (χ4n) is 3.95. The van der Waals surface area contributed by atoms with Gasteiger partial charge in [0.1, 0.15) is 11.9 Å². The number of halogens is 3. The van der Waals surface area contributed by atoms with Crippen LogP contribution in [0.3, 0.4) is 0 Å². The van der Waals surface area contributed by atoms with Crippen LogP contribution in [0.15, 0.2) is 59.6 Å². The first-order valence-corrected chi connectivity index (χ1v) is 13.1. The Morgan fingerprint density at radius 2 is 1.95 bits per heavy atom.